The summed E-state index contributed by atoms with van der Waals surface area (Å²) in [6.45, 7) is 0. The Bertz CT molecular complexity index is 77.7. The maximum atomic E-state index is 9.99. The van der Waals surface area contributed by atoms with E-state index >= 15 is 0 Å². The summed E-state index contributed by atoms with van der Waals surface area (Å²) in [7, 11) is 0. The molecule has 0 rings (SSSR count). The van der Waals surface area contributed by atoms with Crippen molar-refractivity contribution in [2.75, 3.05) is 0 Å². The van der Waals surface area contributed by atoms with Crippen molar-refractivity contribution in [3.8, 4) is 0 Å². The van der Waals surface area contributed by atoms with E-state index in [1.165, 1.54) is 0 Å². The van der Waals surface area contributed by atoms with Gasteiger partial charge in [0.25, 0.3) is 0 Å². The summed E-state index contributed by atoms with van der Waals surface area (Å²) < 4.78 is 4.51. The minimum absolute atomic E-state index is 0. The number of amides is 1. The maximum Gasteiger partial charge on any atom is 0.441 e. The zero-order chi connectivity index (χ0) is 5.86. The number of hydrogen-bond acceptors (Lipinski definition) is 5. The van der Waals surface area contributed by atoms with Gasteiger partial charge in [-0.1, -0.05) is 0 Å². The Kier molecular flexibility index (Phi) is 9.02. The zero-order valence-corrected chi connectivity index (χ0v) is 8.20. The van der Waals surface area contributed by atoms with Gasteiger partial charge in [-0.3, -0.25) is 0 Å². The molecule has 3 nitrogen and oxygen atoms in total. The van der Waals surface area contributed by atoms with Crippen molar-refractivity contribution in [3.63, 3.8) is 0 Å². The molecule has 0 aromatic heterocycles. The van der Waals surface area contributed by atoms with Crippen molar-refractivity contribution in [1.82, 2.24) is 3.71 Å². The Balaban J connectivity index is 0. The average molecular weight is 253 g/mol. The van der Waals surface area contributed by atoms with Crippen LogP contribution in [0.5, 0.6) is 0 Å². The summed E-state index contributed by atoms with van der Waals surface area (Å²) in [6.07, 6.45) is -0.727. The molecule has 7 heteroatoms. The molecule has 0 bridgehead atoms. The summed E-state index contributed by atoms with van der Waals surface area (Å²) in [5, 5.41) is 0. The second-order valence-corrected chi connectivity index (χ2v) is 1.94. The monoisotopic (exact) mass is 255 g/mol. The minimum Gasteiger partial charge on any atom is -0.377 e. The number of rotatable bonds is 0. The molecule has 0 unspecified atom stereocenters. The Hall–Kier alpha value is 1.01. The van der Waals surface area contributed by atoms with Gasteiger partial charge in [0.1, 0.15) is 0 Å². The molecular weight excluding hydrogens is 250 g/mol. The van der Waals surface area contributed by atoms with Crippen LogP contribution in [-0.2, 0) is 25.2 Å². The molecule has 1 amide bonds. The Morgan fingerprint density at radius 1 is 1.50 bits per heavy atom. The first kappa shape index (κ1) is 11.8. The predicted octanol–water partition coefficient (Wildman–Crippen LogP) is 0.957. The van der Waals surface area contributed by atoms with Crippen LogP contribution in [0.1, 0.15) is 0 Å². The summed E-state index contributed by atoms with van der Waals surface area (Å²) in [5.41, 5.74) is 0. The molecule has 0 aliphatic rings. The first-order chi connectivity index (χ1) is 3.18. The molecule has 0 heterocycles. The molecule has 0 saturated heterocycles. The van der Waals surface area contributed by atoms with Gasteiger partial charge in [0.15, 0.2) is 0 Å². The molecule has 0 aliphatic heterocycles. The third kappa shape index (κ3) is 5.15. The van der Waals surface area contributed by atoms with Crippen LogP contribution < -0.4 is 0 Å². The van der Waals surface area contributed by atoms with Gasteiger partial charge in [-0.25, -0.2) is 4.79 Å². The van der Waals surface area contributed by atoms with Crippen LogP contribution in [0.2, 0.25) is 0 Å². The van der Waals surface area contributed by atoms with E-state index in [2.05, 4.69) is 42.7 Å². The van der Waals surface area contributed by atoms with Crippen molar-refractivity contribution in [2.45, 2.75) is 0 Å². The first-order valence-electron chi connectivity index (χ1n) is 1.21. The van der Waals surface area contributed by atoms with Crippen LogP contribution >= 0.6 is 38.5 Å². The minimum atomic E-state index is -0.727. The molecule has 0 N–H and O–H groups in total. The summed E-state index contributed by atoms with van der Waals surface area (Å²) in [6, 6.07) is 0. The van der Waals surface area contributed by atoms with Crippen LogP contribution in [0, 0.1) is 0 Å². The molecule has 0 fully saturated rings. The Labute approximate surface area is 78.1 Å². The van der Waals surface area contributed by atoms with Gasteiger partial charge in [0, 0.05) is 34.0 Å². The van der Waals surface area contributed by atoms with E-state index in [1.54, 1.807) is 0 Å². The summed E-state index contributed by atoms with van der Waals surface area (Å²) in [5.74, 6) is 0. The number of nitrogens with zero attached hydrogens (tertiary/aromatic N) is 1. The Morgan fingerprint density at radius 3 is 1.88 bits per heavy atom. The fourth-order valence-electron chi connectivity index (χ4n) is 0.0365. The van der Waals surface area contributed by atoms with Crippen molar-refractivity contribution >= 4 is 44.6 Å². The third-order valence-corrected chi connectivity index (χ3v) is 0.724. The summed E-state index contributed by atoms with van der Waals surface area (Å²) >= 11 is 10.1. The standard InChI is InChI=1S/CH3NO2S3.Mo/c3-1(4-7)2(5)6;/h5-7H;. The topological polar surface area (TPSA) is 29.5 Å². The van der Waals surface area contributed by atoms with Crippen molar-refractivity contribution in [2.24, 2.45) is 0 Å². The average Bonchev–Trinajstić information content (AvgIpc) is 1.65. The number of hydrogen-bond donors (Lipinski definition) is 3. The quantitative estimate of drug-likeness (QED) is 0.341. The molecule has 0 aromatic carbocycles. The molecule has 0 atom stereocenters. The van der Waals surface area contributed by atoms with E-state index in [1.807, 2.05) is 0 Å². The normalized spacial score (nSPS) is 6.88. The summed E-state index contributed by atoms with van der Waals surface area (Å²) in [4.78, 5) is 9.99. The second-order valence-electron chi connectivity index (χ2n) is 0.647. The molecule has 0 aromatic rings. The molecule has 8 heavy (non-hydrogen) atoms. The van der Waals surface area contributed by atoms with Crippen molar-refractivity contribution in [1.29, 1.82) is 0 Å². The van der Waals surface area contributed by atoms with E-state index in [4.69, 9.17) is 0 Å². The smallest absolute Gasteiger partial charge is 0.377 e. The fourth-order valence-corrected chi connectivity index (χ4v) is 0.329. The van der Waals surface area contributed by atoms with Gasteiger partial charge < -0.3 is 4.18 Å². The SMILES string of the molecule is O=C(OS)N(S)S.[Mo]. The Morgan fingerprint density at radius 2 is 1.88 bits per heavy atom. The molecule has 0 saturated carbocycles. The largest absolute Gasteiger partial charge is 0.441 e. The van der Waals surface area contributed by atoms with Crippen LogP contribution in [0.15, 0.2) is 0 Å². The number of carbonyl (C=O) groups is 1. The van der Waals surface area contributed by atoms with E-state index in [9.17, 15) is 4.79 Å². The van der Waals surface area contributed by atoms with E-state index in [0.717, 1.165) is 0 Å². The van der Waals surface area contributed by atoms with Crippen LogP contribution in [0.25, 0.3) is 0 Å². The second kappa shape index (κ2) is 6.13. The van der Waals surface area contributed by atoms with Crippen molar-refractivity contribution in [3.05, 3.63) is 0 Å². The van der Waals surface area contributed by atoms with Gasteiger partial charge >= 0.3 is 6.09 Å². The van der Waals surface area contributed by atoms with Gasteiger partial charge in [0.05, 0.1) is 0 Å². The predicted molar refractivity (Wildman–Crippen MR) is 35.3 cm³/mol. The zero-order valence-electron chi connectivity index (χ0n) is 3.51. The van der Waals surface area contributed by atoms with Gasteiger partial charge in [-0.2, -0.15) is 3.71 Å². The van der Waals surface area contributed by atoms with E-state index < -0.39 is 6.09 Å². The molecule has 0 spiro atoms. The van der Waals surface area contributed by atoms with E-state index in [-0.39, 0.29) is 21.1 Å². The fraction of sp³-hybridized carbons (Fsp3) is 0. The van der Waals surface area contributed by atoms with Crippen LogP contribution in [0.4, 0.5) is 4.79 Å². The third-order valence-electron chi connectivity index (χ3n) is 0.241. The molecule has 0 aliphatic carbocycles. The maximum absolute atomic E-state index is 9.99. The first-order valence-corrected chi connectivity index (χ1v) is 2.38. The van der Waals surface area contributed by atoms with E-state index in [0.29, 0.717) is 3.71 Å². The van der Waals surface area contributed by atoms with Gasteiger partial charge in [0.2, 0.25) is 0 Å². The van der Waals surface area contributed by atoms with Crippen molar-refractivity contribution < 1.29 is 30.0 Å². The van der Waals surface area contributed by atoms with Crippen LogP contribution in [0.3, 0.4) is 0 Å². The molecule has 48 valence electrons. The molecular formula is CH3MoNO2S3. The number of carbonyl (C=O) groups excluding carboxylic acids is 1. The molecule has 0 radical (unpaired) electrons. The van der Waals surface area contributed by atoms with Gasteiger partial charge in [-0.15, -0.1) is 0 Å². The van der Waals surface area contributed by atoms with Gasteiger partial charge in [-0.05, 0) is 25.6 Å². The van der Waals surface area contributed by atoms with Crippen LogP contribution in [-0.4, -0.2) is 9.80 Å². The number of thiol groups is 3.